The lowest BCUT2D eigenvalue weighted by Gasteiger charge is -2.36. The van der Waals surface area contributed by atoms with Crippen molar-refractivity contribution >= 4 is 17.3 Å². The molecule has 0 radical (unpaired) electrons. The summed E-state index contributed by atoms with van der Waals surface area (Å²) in [4.78, 5) is 2.10. The Bertz CT molecular complexity index is 467. The number of hydrogen-bond acceptors (Lipinski definition) is 1. The van der Waals surface area contributed by atoms with E-state index in [9.17, 15) is 13.2 Å². The Kier molecular flexibility index (Phi) is 5.42. The molecule has 0 N–H and O–H groups in total. The van der Waals surface area contributed by atoms with Crippen molar-refractivity contribution in [2.75, 3.05) is 11.4 Å². The van der Waals surface area contributed by atoms with Crippen molar-refractivity contribution in [3.63, 3.8) is 0 Å². The second-order valence-corrected chi connectivity index (χ2v) is 5.82. The summed E-state index contributed by atoms with van der Waals surface area (Å²) in [6.07, 6.45) is 1.32. The SMILES string of the molecule is CCN(c1ccc(CCl)c(C(F)(F)F)c1)C1CCCCC1. The molecular formula is C16H21ClF3N. The van der Waals surface area contributed by atoms with Gasteiger partial charge < -0.3 is 4.90 Å². The van der Waals surface area contributed by atoms with Crippen LogP contribution in [0.4, 0.5) is 18.9 Å². The van der Waals surface area contributed by atoms with Gasteiger partial charge in [-0.2, -0.15) is 13.2 Å². The Morgan fingerprint density at radius 1 is 1.19 bits per heavy atom. The highest BCUT2D eigenvalue weighted by Gasteiger charge is 2.34. The van der Waals surface area contributed by atoms with Crippen molar-refractivity contribution in [2.45, 2.75) is 57.1 Å². The number of alkyl halides is 4. The fraction of sp³-hybridized carbons (Fsp3) is 0.625. The Balaban J connectivity index is 2.33. The summed E-state index contributed by atoms with van der Waals surface area (Å²) in [6, 6.07) is 4.89. The third kappa shape index (κ3) is 3.85. The maximum atomic E-state index is 13.1. The Morgan fingerprint density at radius 3 is 2.38 bits per heavy atom. The molecule has 5 heteroatoms. The average molecular weight is 320 g/mol. The summed E-state index contributed by atoms with van der Waals surface area (Å²) >= 11 is 5.64. The van der Waals surface area contributed by atoms with Crippen LogP contribution in [0, 0.1) is 0 Å². The van der Waals surface area contributed by atoms with E-state index in [-0.39, 0.29) is 11.4 Å². The number of benzene rings is 1. The van der Waals surface area contributed by atoms with Crippen molar-refractivity contribution in [3.05, 3.63) is 29.3 Å². The minimum Gasteiger partial charge on any atom is -0.369 e. The van der Waals surface area contributed by atoms with E-state index >= 15 is 0 Å². The molecule has 1 aromatic carbocycles. The zero-order valence-electron chi connectivity index (χ0n) is 12.2. The topological polar surface area (TPSA) is 3.24 Å². The van der Waals surface area contributed by atoms with Gasteiger partial charge in [-0.3, -0.25) is 0 Å². The average Bonchev–Trinajstić information content (AvgIpc) is 2.48. The van der Waals surface area contributed by atoms with Crippen molar-refractivity contribution in [3.8, 4) is 0 Å². The van der Waals surface area contributed by atoms with Crippen LogP contribution < -0.4 is 4.90 Å². The second kappa shape index (κ2) is 6.91. The monoisotopic (exact) mass is 319 g/mol. The molecule has 1 aromatic rings. The lowest BCUT2D eigenvalue weighted by molar-refractivity contribution is -0.138. The molecule has 0 saturated heterocycles. The van der Waals surface area contributed by atoms with Gasteiger partial charge in [-0.05, 0) is 37.5 Å². The molecule has 1 nitrogen and oxygen atoms in total. The molecule has 0 heterocycles. The van der Waals surface area contributed by atoms with E-state index in [0.29, 0.717) is 11.7 Å². The Labute approximate surface area is 129 Å². The lowest BCUT2D eigenvalue weighted by Crippen LogP contribution is -2.36. The number of nitrogens with zero attached hydrogens (tertiary/aromatic N) is 1. The molecule has 21 heavy (non-hydrogen) atoms. The molecule has 2 rings (SSSR count). The summed E-state index contributed by atoms with van der Waals surface area (Å²) in [6.45, 7) is 2.72. The molecule has 0 aliphatic heterocycles. The normalized spacial score (nSPS) is 17.0. The van der Waals surface area contributed by atoms with Crippen LogP contribution in [0.1, 0.15) is 50.2 Å². The summed E-state index contributed by atoms with van der Waals surface area (Å²) < 4.78 is 39.4. The quantitative estimate of drug-likeness (QED) is 0.653. The molecule has 0 unspecified atom stereocenters. The Morgan fingerprint density at radius 2 is 1.86 bits per heavy atom. The number of anilines is 1. The number of hydrogen-bond donors (Lipinski definition) is 0. The summed E-state index contributed by atoms with van der Waals surface area (Å²) in [5, 5.41) is 0. The van der Waals surface area contributed by atoms with Crippen LogP contribution in [-0.2, 0) is 12.1 Å². The molecule has 1 saturated carbocycles. The van der Waals surface area contributed by atoms with E-state index in [4.69, 9.17) is 11.6 Å². The zero-order valence-corrected chi connectivity index (χ0v) is 13.0. The summed E-state index contributed by atoms with van der Waals surface area (Å²) in [5.74, 6) is -0.120. The maximum Gasteiger partial charge on any atom is 0.416 e. The van der Waals surface area contributed by atoms with E-state index in [1.807, 2.05) is 6.92 Å². The molecule has 118 valence electrons. The number of halogens is 4. The van der Waals surface area contributed by atoms with Gasteiger partial charge in [0.2, 0.25) is 0 Å². The van der Waals surface area contributed by atoms with Crippen molar-refractivity contribution in [1.29, 1.82) is 0 Å². The summed E-state index contributed by atoms with van der Waals surface area (Å²) in [5.41, 5.74) is 0.197. The smallest absolute Gasteiger partial charge is 0.369 e. The third-order valence-corrected chi connectivity index (χ3v) is 4.52. The maximum absolute atomic E-state index is 13.1. The molecule has 0 atom stereocenters. The lowest BCUT2D eigenvalue weighted by atomic mass is 9.93. The highest BCUT2D eigenvalue weighted by molar-refractivity contribution is 6.17. The fourth-order valence-electron chi connectivity index (χ4n) is 3.17. The second-order valence-electron chi connectivity index (χ2n) is 5.55. The zero-order chi connectivity index (χ0) is 15.5. The van der Waals surface area contributed by atoms with Crippen LogP contribution in [0.15, 0.2) is 18.2 Å². The molecule has 1 fully saturated rings. The van der Waals surface area contributed by atoms with Gasteiger partial charge in [0.25, 0.3) is 0 Å². The van der Waals surface area contributed by atoms with E-state index in [1.165, 1.54) is 18.6 Å². The minimum absolute atomic E-state index is 0.120. The first-order valence-corrected chi connectivity index (χ1v) is 8.03. The fourth-order valence-corrected chi connectivity index (χ4v) is 3.40. The van der Waals surface area contributed by atoms with Gasteiger partial charge >= 0.3 is 6.18 Å². The Hall–Kier alpha value is -0.900. The van der Waals surface area contributed by atoms with Gasteiger partial charge in [0.05, 0.1) is 5.56 Å². The van der Waals surface area contributed by atoms with Crippen molar-refractivity contribution in [1.82, 2.24) is 0 Å². The van der Waals surface area contributed by atoms with Crippen LogP contribution in [0.3, 0.4) is 0 Å². The first kappa shape index (κ1) is 16.5. The molecular weight excluding hydrogens is 299 g/mol. The van der Waals surface area contributed by atoms with Crippen LogP contribution in [0.25, 0.3) is 0 Å². The number of rotatable bonds is 4. The predicted molar refractivity (Wildman–Crippen MR) is 80.9 cm³/mol. The highest BCUT2D eigenvalue weighted by Crippen LogP contribution is 2.36. The highest BCUT2D eigenvalue weighted by atomic mass is 35.5. The molecule has 0 aromatic heterocycles. The minimum atomic E-state index is -4.35. The van der Waals surface area contributed by atoms with Crippen LogP contribution in [0.5, 0.6) is 0 Å². The molecule has 1 aliphatic carbocycles. The van der Waals surface area contributed by atoms with Gasteiger partial charge in [-0.25, -0.2) is 0 Å². The first-order valence-electron chi connectivity index (χ1n) is 7.50. The van der Waals surface area contributed by atoms with E-state index in [1.54, 1.807) is 6.07 Å². The van der Waals surface area contributed by atoms with Gasteiger partial charge in [-0.15, -0.1) is 11.6 Å². The standard InChI is InChI=1S/C16H21ClF3N/c1-2-21(13-6-4-3-5-7-13)14-9-8-12(11-17)15(10-14)16(18,19)20/h8-10,13H,2-7,11H2,1H3. The van der Waals surface area contributed by atoms with Crippen LogP contribution in [-0.4, -0.2) is 12.6 Å². The predicted octanol–water partition coefficient (Wildman–Crippen LogP) is 5.60. The molecule has 0 amide bonds. The van der Waals surface area contributed by atoms with E-state index in [2.05, 4.69) is 4.90 Å². The van der Waals surface area contributed by atoms with Crippen molar-refractivity contribution in [2.24, 2.45) is 0 Å². The van der Waals surface area contributed by atoms with E-state index < -0.39 is 11.7 Å². The molecule has 1 aliphatic rings. The van der Waals surface area contributed by atoms with Crippen molar-refractivity contribution < 1.29 is 13.2 Å². The van der Waals surface area contributed by atoms with Gasteiger partial charge in [0, 0.05) is 24.2 Å². The first-order chi connectivity index (χ1) is 9.97. The third-order valence-electron chi connectivity index (χ3n) is 4.23. The van der Waals surface area contributed by atoms with Gasteiger partial charge in [0.15, 0.2) is 0 Å². The molecule has 0 spiro atoms. The van der Waals surface area contributed by atoms with E-state index in [0.717, 1.165) is 32.2 Å². The van der Waals surface area contributed by atoms with Crippen LogP contribution in [0.2, 0.25) is 0 Å². The largest absolute Gasteiger partial charge is 0.416 e. The van der Waals surface area contributed by atoms with Gasteiger partial charge in [0.1, 0.15) is 0 Å². The van der Waals surface area contributed by atoms with Crippen LogP contribution >= 0.6 is 11.6 Å². The molecule has 0 bridgehead atoms. The van der Waals surface area contributed by atoms with Gasteiger partial charge in [-0.1, -0.05) is 25.3 Å². The summed E-state index contributed by atoms with van der Waals surface area (Å²) in [7, 11) is 0.